The van der Waals surface area contributed by atoms with Gasteiger partial charge in [-0.3, -0.25) is 9.89 Å². The van der Waals surface area contributed by atoms with Gasteiger partial charge >= 0.3 is 0 Å². The van der Waals surface area contributed by atoms with Gasteiger partial charge in [0.1, 0.15) is 0 Å². The highest BCUT2D eigenvalue weighted by Crippen LogP contribution is 2.40. The molecule has 6 nitrogen and oxygen atoms in total. The smallest absolute Gasteiger partial charge is 0.203 e. The van der Waals surface area contributed by atoms with Crippen LogP contribution in [0.3, 0.4) is 0 Å². The van der Waals surface area contributed by atoms with Crippen LogP contribution >= 0.6 is 0 Å². The van der Waals surface area contributed by atoms with E-state index in [4.69, 9.17) is 14.2 Å². The standard InChI is InChI=1S/C21H18F2N2O4/c1-27-19-9-13(10-20(28-2)21(19)29-3)17-11-14(24-25-17)5-7-18(26)12-4-6-15(22)16(23)8-12/h4-11H,1-3H3,(H,24,25). The average molecular weight is 400 g/mol. The summed E-state index contributed by atoms with van der Waals surface area (Å²) in [5, 5.41) is 7.02. The third kappa shape index (κ3) is 4.26. The van der Waals surface area contributed by atoms with Crippen LogP contribution in [0, 0.1) is 11.6 Å². The maximum atomic E-state index is 13.3. The van der Waals surface area contributed by atoms with E-state index in [9.17, 15) is 13.6 Å². The summed E-state index contributed by atoms with van der Waals surface area (Å²) < 4.78 is 42.2. The van der Waals surface area contributed by atoms with Crippen LogP contribution in [0.4, 0.5) is 8.78 Å². The molecule has 29 heavy (non-hydrogen) atoms. The summed E-state index contributed by atoms with van der Waals surface area (Å²) in [7, 11) is 4.55. The normalized spacial score (nSPS) is 10.9. The molecule has 1 heterocycles. The number of ether oxygens (including phenoxy) is 3. The number of aromatic nitrogens is 2. The predicted molar refractivity (Wildman–Crippen MR) is 103 cm³/mol. The predicted octanol–water partition coefficient (Wildman–Crippen LogP) is 4.28. The van der Waals surface area contributed by atoms with E-state index in [1.54, 1.807) is 18.2 Å². The number of rotatable bonds is 7. The van der Waals surface area contributed by atoms with Crippen molar-refractivity contribution in [1.29, 1.82) is 0 Å². The van der Waals surface area contributed by atoms with Gasteiger partial charge in [0.2, 0.25) is 5.75 Å². The third-order valence-electron chi connectivity index (χ3n) is 4.18. The Balaban J connectivity index is 1.84. The van der Waals surface area contributed by atoms with Gasteiger partial charge in [-0.2, -0.15) is 5.10 Å². The minimum absolute atomic E-state index is 0.0458. The molecule has 0 aliphatic rings. The molecule has 0 spiro atoms. The lowest BCUT2D eigenvalue weighted by atomic mass is 10.1. The number of H-pyrrole nitrogens is 1. The van der Waals surface area contributed by atoms with Crippen LogP contribution in [0.1, 0.15) is 16.1 Å². The fourth-order valence-corrected chi connectivity index (χ4v) is 2.71. The fourth-order valence-electron chi connectivity index (χ4n) is 2.71. The van der Waals surface area contributed by atoms with Crippen molar-refractivity contribution in [3.8, 4) is 28.5 Å². The second kappa shape index (κ2) is 8.55. The van der Waals surface area contributed by atoms with Crippen LogP contribution in [0.5, 0.6) is 17.2 Å². The molecule has 0 aliphatic heterocycles. The zero-order valence-corrected chi connectivity index (χ0v) is 16.0. The molecule has 0 amide bonds. The van der Waals surface area contributed by atoms with E-state index in [-0.39, 0.29) is 5.56 Å². The first kappa shape index (κ1) is 20.1. The first-order valence-corrected chi connectivity index (χ1v) is 8.50. The monoisotopic (exact) mass is 400 g/mol. The Kier molecular flexibility index (Phi) is 5.92. The van der Waals surface area contributed by atoms with E-state index >= 15 is 0 Å². The van der Waals surface area contributed by atoms with Crippen molar-refractivity contribution >= 4 is 11.9 Å². The first-order valence-electron chi connectivity index (χ1n) is 8.50. The Morgan fingerprint density at radius 1 is 0.966 bits per heavy atom. The molecule has 0 aliphatic carbocycles. The summed E-state index contributed by atoms with van der Waals surface area (Å²) in [6.45, 7) is 0. The number of carbonyl (C=O) groups is 1. The molecule has 0 saturated carbocycles. The van der Waals surface area contributed by atoms with Gasteiger partial charge in [-0.15, -0.1) is 0 Å². The highest BCUT2D eigenvalue weighted by Gasteiger charge is 2.15. The Bertz CT molecular complexity index is 1050. The Labute approximate surface area is 165 Å². The Morgan fingerprint density at radius 2 is 1.66 bits per heavy atom. The molecule has 0 saturated heterocycles. The van der Waals surface area contributed by atoms with Crippen LogP contribution in [0.15, 0.2) is 42.5 Å². The number of hydrogen-bond acceptors (Lipinski definition) is 5. The maximum Gasteiger partial charge on any atom is 0.203 e. The molecule has 3 rings (SSSR count). The molecular weight excluding hydrogens is 382 g/mol. The first-order chi connectivity index (χ1) is 14.0. The summed E-state index contributed by atoms with van der Waals surface area (Å²) in [5.74, 6) is -1.12. The summed E-state index contributed by atoms with van der Waals surface area (Å²) in [5.41, 5.74) is 1.89. The number of halogens is 2. The minimum Gasteiger partial charge on any atom is -0.493 e. The number of benzene rings is 2. The number of carbonyl (C=O) groups excluding carboxylic acids is 1. The minimum atomic E-state index is -1.07. The summed E-state index contributed by atoms with van der Waals surface area (Å²) >= 11 is 0. The molecule has 0 atom stereocenters. The van der Waals surface area contributed by atoms with Crippen LogP contribution in [0.25, 0.3) is 17.3 Å². The quantitative estimate of drug-likeness (QED) is 0.473. The summed E-state index contributed by atoms with van der Waals surface area (Å²) in [4.78, 5) is 12.1. The van der Waals surface area contributed by atoms with Crippen LogP contribution in [-0.4, -0.2) is 37.3 Å². The van der Waals surface area contributed by atoms with Gasteiger partial charge in [-0.05, 0) is 48.6 Å². The second-order valence-corrected chi connectivity index (χ2v) is 5.95. The molecule has 0 fully saturated rings. The van der Waals surface area contributed by atoms with E-state index in [1.165, 1.54) is 39.5 Å². The maximum absolute atomic E-state index is 13.3. The van der Waals surface area contributed by atoms with Gasteiger partial charge in [0.05, 0.1) is 32.7 Å². The lowest BCUT2D eigenvalue weighted by Crippen LogP contribution is -1.96. The van der Waals surface area contributed by atoms with Crippen LogP contribution in [-0.2, 0) is 0 Å². The van der Waals surface area contributed by atoms with E-state index < -0.39 is 17.4 Å². The number of methoxy groups -OCH3 is 3. The topological polar surface area (TPSA) is 73.4 Å². The molecule has 1 N–H and O–H groups in total. The van der Waals surface area contributed by atoms with Crippen molar-refractivity contribution in [2.24, 2.45) is 0 Å². The van der Waals surface area contributed by atoms with Crippen LogP contribution in [0.2, 0.25) is 0 Å². The van der Waals surface area contributed by atoms with Gasteiger partial charge in [0, 0.05) is 11.1 Å². The summed E-state index contributed by atoms with van der Waals surface area (Å²) in [6, 6.07) is 8.20. The van der Waals surface area contributed by atoms with Gasteiger partial charge in [-0.1, -0.05) is 0 Å². The van der Waals surface area contributed by atoms with E-state index in [0.717, 1.165) is 12.1 Å². The van der Waals surface area contributed by atoms with Crippen LogP contribution < -0.4 is 14.2 Å². The Hall–Kier alpha value is -3.68. The molecule has 8 heteroatoms. The number of nitrogens with one attached hydrogen (secondary N) is 1. The second-order valence-electron chi connectivity index (χ2n) is 5.95. The van der Waals surface area contributed by atoms with E-state index in [0.29, 0.717) is 34.2 Å². The number of aromatic amines is 1. The lowest BCUT2D eigenvalue weighted by Gasteiger charge is -2.13. The third-order valence-corrected chi connectivity index (χ3v) is 4.18. The van der Waals surface area contributed by atoms with Gasteiger partial charge in [0.25, 0.3) is 0 Å². The Morgan fingerprint density at radius 3 is 2.24 bits per heavy atom. The van der Waals surface area contributed by atoms with E-state index in [1.807, 2.05) is 0 Å². The highest BCUT2D eigenvalue weighted by molar-refractivity contribution is 6.06. The summed E-state index contributed by atoms with van der Waals surface area (Å²) in [6.07, 6.45) is 2.75. The van der Waals surface area contributed by atoms with Gasteiger partial charge < -0.3 is 14.2 Å². The zero-order chi connectivity index (χ0) is 21.0. The van der Waals surface area contributed by atoms with Crippen molar-refractivity contribution in [2.45, 2.75) is 0 Å². The van der Waals surface area contributed by atoms with Gasteiger partial charge in [0.15, 0.2) is 28.9 Å². The average Bonchev–Trinajstić information content (AvgIpc) is 3.21. The number of hydrogen-bond donors (Lipinski definition) is 1. The highest BCUT2D eigenvalue weighted by atomic mass is 19.2. The molecular formula is C21H18F2N2O4. The largest absolute Gasteiger partial charge is 0.493 e. The van der Waals surface area contributed by atoms with E-state index in [2.05, 4.69) is 10.2 Å². The number of allylic oxidation sites excluding steroid dienone is 1. The molecule has 0 unspecified atom stereocenters. The van der Waals surface area contributed by atoms with Crippen molar-refractivity contribution in [1.82, 2.24) is 10.2 Å². The SMILES string of the molecule is COc1cc(-c2cc(C=CC(=O)c3ccc(F)c(F)c3)[nH]n2)cc(OC)c1OC. The lowest BCUT2D eigenvalue weighted by molar-refractivity contribution is 0.104. The van der Waals surface area contributed by atoms with Crippen molar-refractivity contribution < 1.29 is 27.8 Å². The molecule has 2 aromatic carbocycles. The molecule has 1 aromatic heterocycles. The van der Waals surface area contributed by atoms with Gasteiger partial charge in [-0.25, -0.2) is 8.78 Å². The fraction of sp³-hybridized carbons (Fsp3) is 0.143. The molecule has 150 valence electrons. The molecule has 0 bridgehead atoms. The zero-order valence-electron chi connectivity index (χ0n) is 16.0. The van der Waals surface area contributed by atoms with Crippen molar-refractivity contribution in [3.05, 3.63) is 65.4 Å². The van der Waals surface area contributed by atoms with Crippen molar-refractivity contribution in [2.75, 3.05) is 21.3 Å². The number of nitrogens with zero attached hydrogens (tertiary/aromatic N) is 1. The molecule has 3 aromatic rings. The molecule has 0 radical (unpaired) electrons. The number of ketones is 1. The van der Waals surface area contributed by atoms with Crippen molar-refractivity contribution in [3.63, 3.8) is 0 Å².